The summed E-state index contributed by atoms with van der Waals surface area (Å²) in [6, 6.07) is 6.19. The third-order valence-electron chi connectivity index (χ3n) is 3.74. The lowest BCUT2D eigenvalue weighted by atomic mass is 9.99. The maximum absolute atomic E-state index is 6.07. The Morgan fingerprint density at radius 2 is 2.21 bits per heavy atom. The Balaban J connectivity index is 1.86. The van der Waals surface area contributed by atoms with Crippen molar-refractivity contribution >= 4 is 23.2 Å². The van der Waals surface area contributed by atoms with Gasteiger partial charge in [0.25, 0.3) is 0 Å². The van der Waals surface area contributed by atoms with Gasteiger partial charge in [-0.05, 0) is 56.8 Å². The van der Waals surface area contributed by atoms with Crippen LogP contribution in [0.1, 0.15) is 43.7 Å². The molecule has 1 aromatic rings. The molecule has 2 nitrogen and oxygen atoms in total. The van der Waals surface area contributed by atoms with Gasteiger partial charge in [0.15, 0.2) is 0 Å². The molecule has 1 fully saturated rings. The Morgan fingerprint density at radius 3 is 2.84 bits per heavy atom. The summed E-state index contributed by atoms with van der Waals surface area (Å²) in [6.45, 7) is 0.937. The standard InChI is InChI=1S/C15H21Cl2NO/c1-18-15(6-2-4-12-5-3-9-19-12)11-7-8-13(16)14(17)10-11/h7-8,10,12,15,18H,2-6,9H2,1H3. The van der Waals surface area contributed by atoms with Gasteiger partial charge in [0, 0.05) is 12.6 Å². The first-order chi connectivity index (χ1) is 9.20. The smallest absolute Gasteiger partial charge is 0.0595 e. The van der Waals surface area contributed by atoms with Gasteiger partial charge >= 0.3 is 0 Å². The quantitative estimate of drug-likeness (QED) is 0.829. The Hall–Kier alpha value is -0.280. The highest BCUT2D eigenvalue weighted by atomic mass is 35.5. The molecule has 2 atom stereocenters. The van der Waals surface area contributed by atoms with E-state index in [0.717, 1.165) is 25.9 Å². The van der Waals surface area contributed by atoms with Crippen LogP contribution in [0.3, 0.4) is 0 Å². The van der Waals surface area contributed by atoms with E-state index in [1.165, 1.54) is 18.4 Å². The first-order valence-corrected chi connectivity index (χ1v) is 7.70. The van der Waals surface area contributed by atoms with Crippen molar-refractivity contribution < 1.29 is 4.74 Å². The molecular formula is C15H21Cl2NO. The van der Waals surface area contributed by atoms with E-state index in [-0.39, 0.29) is 0 Å². The minimum Gasteiger partial charge on any atom is -0.378 e. The van der Waals surface area contributed by atoms with Crippen LogP contribution in [0.2, 0.25) is 10.0 Å². The van der Waals surface area contributed by atoms with Gasteiger partial charge in [0.2, 0.25) is 0 Å². The lowest BCUT2D eigenvalue weighted by Crippen LogP contribution is -2.17. The minimum absolute atomic E-state index is 0.330. The van der Waals surface area contributed by atoms with Crippen molar-refractivity contribution in [2.45, 2.75) is 44.2 Å². The molecule has 1 aliphatic heterocycles. The van der Waals surface area contributed by atoms with Gasteiger partial charge in [0.05, 0.1) is 16.1 Å². The van der Waals surface area contributed by atoms with Crippen LogP contribution in [0.25, 0.3) is 0 Å². The normalized spacial score (nSPS) is 20.7. The second kappa shape index (κ2) is 7.49. The number of halogens is 2. The molecule has 0 aromatic heterocycles. The Labute approximate surface area is 125 Å². The molecule has 2 unspecified atom stereocenters. The Kier molecular flexibility index (Phi) is 5.96. The van der Waals surface area contributed by atoms with Gasteiger partial charge in [-0.3, -0.25) is 0 Å². The van der Waals surface area contributed by atoms with Crippen molar-refractivity contribution in [3.05, 3.63) is 33.8 Å². The van der Waals surface area contributed by atoms with E-state index in [2.05, 4.69) is 5.32 Å². The molecule has 1 aromatic carbocycles. The Morgan fingerprint density at radius 1 is 1.37 bits per heavy atom. The molecule has 1 saturated heterocycles. The minimum atomic E-state index is 0.330. The van der Waals surface area contributed by atoms with Gasteiger partial charge in [-0.25, -0.2) is 0 Å². The van der Waals surface area contributed by atoms with Gasteiger partial charge in [-0.2, -0.15) is 0 Å². The first-order valence-electron chi connectivity index (χ1n) is 6.94. The number of benzene rings is 1. The summed E-state index contributed by atoms with van der Waals surface area (Å²) < 4.78 is 5.65. The molecule has 19 heavy (non-hydrogen) atoms. The number of ether oxygens (including phenoxy) is 1. The van der Waals surface area contributed by atoms with Crippen LogP contribution in [-0.2, 0) is 4.74 Å². The molecule has 1 N–H and O–H groups in total. The highest BCUT2D eigenvalue weighted by Gasteiger charge is 2.16. The molecule has 0 aliphatic carbocycles. The van der Waals surface area contributed by atoms with Crippen molar-refractivity contribution in [2.24, 2.45) is 0 Å². The monoisotopic (exact) mass is 301 g/mol. The number of rotatable bonds is 6. The van der Waals surface area contributed by atoms with Crippen molar-refractivity contribution in [3.8, 4) is 0 Å². The zero-order valence-electron chi connectivity index (χ0n) is 11.3. The molecule has 0 radical (unpaired) electrons. The van der Waals surface area contributed by atoms with Crippen LogP contribution >= 0.6 is 23.2 Å². The number of hydrogen-bond acceptors (Lipinski definition) is 2. The third-order valence-corrected chi connectivity index (χ3v) is 4.48. The maximum atomic E-state index is 6.07. The molecule has 1 heterocycles. The summed E-state index contributed by atoms with van der Waals surface area (Å²) in [7, 11) is 1.99. The fourth-order valence-corrected chi connectivity index (χ4v) is 2.93. The van der Waals surface area contributed by atoms with Crippen LogP contribution in [0, 0.1) is 0 Å². The van der Waals surface area contributed by atoms with E-state index in [4.69, 9.17) is 27.9 Å². The molecular weight excluding hydrogens is 281 g/mol. The second-order valence-corrected chi connectivity index (χ2v) is 5.90. The summed E-state index contributed by atoms with van der Waals surface area (Å²) >= 11 is 12.0. The molecule has 0 bridgehead atoms. The van der Waals surface area contributed by atoms with Crippen molar-refractivity contribution in [1.29, 1.82) is 0 Å². The van der Waals surface area contributed by atoms with E-state index in [9.17, 15) is 0 Å². The van der Waals surface area contributed by atoms with Crippen LogP contribution in [0.5, 0.6) is 0 Å². The number of nitrogens with one attached hydrogen (secondary N) is 1. The van der Waals surface area contributed by atoms with E-state index >= 15 is 0 Å². The predicted octanol–water partition coefficient (Wildman–Crippen LogP) is 4.60. The fourth-order valence-electron chi connectivity index (χ4n) is 2.63. The number of hydrogen-bond donors (Lipinski definition) is 1. The molecule has 4 heteroatoms. The summed E-state index contributed by atoms with van der Waals surface area (Å²) in [5.41, 5.74) is 1.20. The first kappa shape index (κ1) is 15.1. The van der Waals surface area contributed by atoms with Gasteiger partial charge in [-0.1, -0.05) is 29.3 Å². The average molecular weight is 302 g/mol. The second-order valence-electron chi connectivity index (χ2n) is 5.08. The van der Waals surface area contributed by atoms with Gasteiger partial charge in [-0.15, -0.1) is 0 Å². The fraction of sp³-hybridized carbons (Fsp3) is 0.600. The van der Waals surface area contributed by atoms with Crippen LogP contribution in [0.4, 0.5) is 0 Å². The summed E-state index contributed by atoms with van der Waals surface area (Å²) in [5, 5.41) is 4.58. The van der Waals surface area contributed by atoms with Crippen LogP contribution in [0.15, 0.2) is 18.2 Å². The third kappa shape index (κ3) is 4.35. The highest BCUT2D eigenvalue weighted by molar-refractivity contribution is 6.42. The van der Waals surface area contributed by atoms with Gasteiger partial charge in [0.1, 0.15) is 0 Å². The van der Waals surface area contributed by atoms with Crippen LogP contribution in [-0.4, -0.2) is 19.8 Å². The summed E-state index contributed by atoms with van der Waals surface area (Å²) in [5.74, 6) is 0. The molecule has 2 rings (SSSR count). The molecule has 0 amide bonds. The largest absolute Gasteiger partial charge is 0.378 e. The predicted molar refractivity (Wildman–Crippen MR) is 81.1 cm³/mol. The van der Waals surface area contributed by atoms with E-state index in [1.54, 1.807) is 0 Å². The average Bonchev–Trinajstić information content (AvgIpc) is 2.91. The molecule has 106 valence electrons. The van der Waals surface area contributed by atoms with Crippen molar-refractivity contribution in [3.63, 3.8) is 0 Å². The SMILES string of the molecule is CNC(CCCC1CCCO1)c1ccc(Cl)c(Cl)c1. The zero-order chi connectivity index (χ0) is 13.7. The topological polar surface area (TPSA) is 21.3 Å². The summed E-state index contributed by atoms with van der Waals surface area (Å²) in [4.78, 5) is 0. The van der Waals surface area contributed by atoms with E-state index in [1.807, 2.05) is 25.2 Å². The van der Waals surface area contributed by atoms with Gasteiger partial charge < -0.3 is 10.1 Å². The van der Waals surface area contributed by atoms with E-state index in [0.29, 0.717) is 22.2 Å². The highest BCUT2D eigenvalue weighted by Crippen LogP contribution is 2.28. The molecule has 1 aliphatic rings. The zero-order valence-corrected chi connectivity index (χ0v) is 12.8. The summed E-state index contributed by atoms with van der Waals surface area (Å²) in [6.07, 6.45) is 6.32. The molecule has 0 spiro atoms. The lowest BCUT2D eigenvalue weighted by molar-refractivity contribution is 0.101. The van der Waals surface area contributed by atoms with E-state index < -0.39 is 0 Å². The molecule has 0 saturated carbocycles. The lowest BCUT2D eigenvalue weighted by Gasteiger charge is -2.18. The van der Waals surface area contributed by atoms with Crippen molar-refractivity contribution in [2.75, 3.05) is 13.7 Å². The van der Waals surface area contributed by atoms with Crippen LogP contribution < -0.4 is 5.32 Å². The van der Waals surface area contributed by atoms with Crippen molar-refractivity contribution in [1.82, 2.24) is 5.32 Å². The Bertz CT molecular complexity index is 405. The maximum Gasteiger partial charge on any atom is 0.0595 e.